The molecule has 0 aliphatic rings. The van der Waals surface area contributed by atoms with Crippen LogP contribution in [0.5, 0.6) is 5.75 Å². The van der Waals surface area contributed by atoms with Gasteiger partial charge in [-0.3, -0.25) is 20.4 Å². The number of nitrogens with zero attached hydrogens (tertiary/aromatic N) is 1. The van der Waals surface area contributed by atoms with Gasteiger partial charge < -0.3 is 9.26 Å². The van der Waals surface area contributed by atoms with Crippen LogP contribution in [0, 0.1) is 27.7 Å². The summed E-state index contributed by atoms with van der Waals surface area (Å²) in [6.45, 7) is 7.76. The molecule has 3 rings (SSSR count). The fraction of sp³-hybridized carbons (Fsp3) is 0.227. The minimum atomic E-state index is -0.439. The van der Waals surface area contributed by atoms with E-state index in [9.17, 15) is 9.59 Å². The molecule has 0 fully saturated rings. The Kier molecular flexibility index (Phi) is 5.97. The summed E-state index contributed by atoms with van der Waals surface area (Å²) >= 11 is 0. The fourth-order valence-electron chi connectivity index (χ4n) is 2.91. The number of hydrogen-bond acceptors (Lipinski definition) is 5. The van der Waals surface area contributed by atoms with Crippen molar-refractivity contribution in [3.05, 3.63) is 81.7 Å². The van der Waals surface area contributed by atoms with E-state index < -0.39 is 5.91 Å². The standard InChI is InChI=1S/C22H23N3O4/c1-13-8-9-19(14(2)10-13)22(27)24-23-21(26)17-6-5-7-18(11-17)28-12-20-15(3)25-29-16(20)4/h5-11H,12H2,1-4H3,(H,23,26)(H,24,27). The quantitative estimate of drug-likeness (QED) is 0.647. The molecule has 1 heterocycles. The number of hydrazine groups is 1. The van der Waals surface area contributed by atoms with Gasteiger partial charge in [-0.25, -0.2) is 0 Å². The van der Waals surface area contributed by atoms with Crippen molar-refractivity contribution >= 4 is 11.8 Å². The molecule has 0 saturated heterocycles. The topological polar surface area (TPSA) is 93.5 Å². The maximum absolute atomic E-state index is 12.4. The summed E-state index contributed by atoms with van der Waals surface area (Å²) in [4.78, 5) is 24.7. The number of carbonyl (C=O) groups excluding carboxylic acids is 2. The van der Waals surface area contributed by atoms with Crippen LogP contribution >= 0.6 is 0 Å². The molecule has 2 N–H and O–H groups in total. The summed E-state index contributed by atoms with van der Waals surface area (Å²) in [7, 11) is 0. The number of ether oxygens (including phenoxy) is 1. The molecule has 7 heteroatoms. The molecule has 0 spiro atoms. The summed E-state index contributed by atoms with van der Waals surface area (Å²) < 4.78 is 10.9. The van der Waals surface area contributed by atoms with Gasteiger partial charge in [0.2, 0.25) is 0 Å². The van der Waals surface area contributed by atoms with Gasteiger partial charge >= 0.3 is 0 Å². The van der Waals surface area contributed by atoms with Crippen LogP contribution in [0.2, 0.25) is 0 Å². The summed E-state index contributed by atoms with van der Waals surface area (Å²) in [6, 6.07) is 12.2. The van der Waals surface area contributed by atoms with E-state index in [-0.39, 0.29) is 12.5 Å². The zero-order valence-electron chi connectivity index (χ0n) is 16.8. The van der Waals surface area contributed by atoms with Gasteiger partial charge in [0.1, 0.15) is 18.1 Å². The van der Waals surface area contributed by atoms with Crippen LogP contribution in [0.1, 0.15) is 48.9 Å². The van der Waals surface area contributed by atoms with E-state index in [2.05, 4.69) is 16.0 Å². The predicted octanol–water partition coefficient (Wildman–Crippen LogP) is 3.56. The average molecular weight is 393 g/mol. The molecule has 3 aromatic rings. The molecular weight excluding hydrogens is 370 g/mol. The van der Waals surface area contributed by atoms with Crippen LogP contribution in [0.25, 0.3) is 0 Å². The number of hydrogen-bond donors (Lipinski definition) is 2. The number of benzene rings is 2. The molecule has 0 atom stereocenters. The second kappa shape index (κ2) is 8.60. The molecule has 1 aromatic heterocycles. The Morgan fingerprint density at radius 1 is 1.00 bits per heavy atom. The van der Waals surface area contributed by atoms with Crippen molar-refractivity contribution in [2.45, 2.75) is 34.3 Å². The number of aromatic nitrogens is 1. The van der Waals surface area contributed by atoms with Crippen molar-refractivity contribution in [1.29, 1.82) is 0 Å². The third-order valence-electron chi connectivity index (χ3n) is 4.58. The minimum absolute atomic E-state index is 0.287. The highest BCUT2D eigenvalue weighted by Crippen LogP contribution is 2.18. The van der Waals surface area contributed by atoms with E-state index >= 15 is 0 Å². The number of nitrogens with one attached hydrogen (secondary N) is 2. The lowest BCUT2D eigenvalue weighted by atomic mass is 10.1. The molecule has 29 heavy (non-hydrogen) atoms. The van der Waals surface area contributed by atoms with Crippen molar-refractivity contribution in [2.24, 2.45) is 0 Å². The zero-order valence-corrected chi connectivity index (χ0v) is 16.8. The van der Waals surface area contributed by atoms with E-state index in [0.717, 1.165) is 22.4 Å². The molecule has 0 bridgehead atoms. The van der Waals surface area contributed by atoms with Crippen LogP contribution in [0.3, 0.4) is 0 Å². The van der Waals surface area contributed by atoms with Gasteiger partial charge in [0.05, 0.1) is 11.3 Å². The Morgan fingerprint density at radius 2 is 1.76 bits per heavy atom. The van der Waals surface area contributed by atoms with Crippen molar-refractivity contribution in [2.75, 3.05) is 0 Å². The van der Waals surface area contributed by atoms with Crippen molar-refractivity contribution < 1.29 is 18.8 Å². The third-order valence-corrected chi connectivity index (χ3v) is 4.58. The largest absolute Gasteiger partial charge is 0.489 e. The van der Waals surface area contributed by atoms with Crippen LogP contribution in [0.15, 0.2) is 47.0 Å². The summed E-state index contributed by atoms with van der Waals surface area (Å²) in [5.41, 5.74) is 9.30. The van der Waals surface area contributed by atoms with Gasteiger partial charge in [-0.2, -0.15) is 0 Å². The molecule has 0 radical (unpaired) electrons. The van der Waals surface area contributed by atoms with Gasteiger partial charge in [-0.1, -0.05) is 28.9 Å². The number of rotatable bonds is 5. The first kappa shape index (κ1) is 20.1. The highest BCUT2D eigenvalue weighted by atomic mass is 16.5. The van der Waals surface area contributed by atoms with E-state index in [1.165, 1.54) is 0 Å². The van der Waals surface area contributed by atoms with E-state index in [1.54, 1.807) is 30.3 Å². The van der Waals surface area contributed by atoms with Crippen molar-refractivity contribution in [3.8, 4) is 5.75 Å². The van der Waals surface area contributed by atoms with Crippen LogP contribution in [-0.4, -0.2) is 17.0 Å². The summed E-state index contributed by atoms with van der Waals surface area (Å²) in [5, 5.41) is 3.89. The lowest BCUT2D eigenvalue weighted by Crippen LogP contribution is -2.41. The van der Waals surface area contributed by atoms with Crippen LogP contribution < -0.4 is 15.6 Å². The van der Waals surface area contributed by atoms with Gasteiger partial charge in [0, 0.05) is 11.1 Å². The van der Waals surface area contributed by atoms with Crippen LogP contribution in [0.4, 0.5) is 0 Å². The first-order valence-corrected chi connectivity index (χ1v) is 9.17. The second-order valence-electron chi connectivity index (χ2n) is 6.85. The van der Waals surface area contributed by atoms with Gasteiger partial charge in [-0.05, 0) is 57.5 Å². The highest BCUT2D eigenvalue weighted by molar-refractivity contribution is 5.99. The van der Waals surface area contributed by atoms with Gasteiger partial charge in [0.25, 0.3) is 11.8 Å². The molecule has 7 nitrogen and oxygen atoms in total. The molecule has 0 unspecified atom stereocenters. The lowest BCUT2D eigenvalue weighted by Gasteiger charge is -2.11. The Bertz CT molecular complexity index is 1040. The molecule has 2 amide bonds. The second-order valence-corrected chi connectivity index (χ2v) is 6.85. The molecule has 0 aliphatic carbocycles. The third kappa shape index (κ3) is 4.82. The van der Waals surface area contributed by atoms with Crippen molar-refractivity contribution in [3.63, 3.8) is 0 Å². The maximum atomic E-state index is 12.4. The fourth-order valence-corrected chi connectivity index (χ4v) is 2.91. The number of carbonyl (C=O) groups is 2. The highest BCUT2D eigenvalue weighted by Gasteiger charge is 2.13. The normalized spacial score (nSPS) is 10.5. The number of amides is 2. The Hall–Kier alpha value is -3.61. The summed E-state index contributed by atoms with van der Waals surface area (Å²) in [6.07, 6.45) is 0. The molecule has 0 aliphatic heterocycles. The minimum Gasteiger partial charge on any atom is -0.489 e. The summed E-state index contributed by atoms with van der Waals surface area (Å²) in [5.74, 6) is 0.413. The first-order chi connectivity index (χ1) is 13.8. The molecule has 2 aromatic carbocycles. The Labute approximate surface area is 169 Å². The zero-order chi connectivity index (χ0) is 21.0. The van der Waals surface area contributed by atoms with E-state index in [4.69, 9.17) is 9.26 Å². The Morgan fingerprint density at radius 3 is 2.45 bits per heavy atom. The van der Waals surface area contributed by atoms with Gasteiger partial charge in [0.15, 0.2) is 0 Å². The monoisotopic (exact) mass is 393 g/mol. The first-order valence-electron chi connectivity index (χ1n) is 9.17. The number of aryl methyl sites for hydroxylation is 4. The average Bonchev–Trinajstić information content (AvgIpc) is 3.02. The Balaban J connectivity index is 1.61. The molecular formula is C22H23N3O4. The smallest absolute Gasteiger partial charge is 0.269 e. The molecule has 150 valence electrons. The van der Waals surface area contributed by atoms with E-state index in [1.807, 2.05) is 39.8 Å². The maximum Gasteiger partial charge on any atom is 0.269 e. The predicted molar refractivity (Wildman–Crippen MR) is 108 cm³/mol. The van der Waals surface area contributed by atoms with Gasteiger partial charge in [-0.15, -0.1) is 0 Å². The van der Waals surface area contributed by atoms with E-state index in [0.29, 0.717) is 22.6 Å². The SMILES string of the molecule is Cc1ccc(C(=O)NNC(=O)c2cccc(OCc3c(C)noc3C)c2)c(C)c1. The molecule has 0 saturated carbocycles. The van der Waals surface area contributed by atoms with Crippen LogP contribution in [-0.2, 0) is 6.61 Å². The lowest BCUT2D eigenvalue weighted by molar-refractivity contribution is 0.0846. The van der Waals surface area contributed by atoms with Crippen molar-refractivity contribution in [1.82, 2.24) is 16.0 Å².